The van der Waals surface area contributed by atoms with E-state index < -0.39 is 0 Å². The first-order valence-electron chi connectivity index (χ1n) is 7.25. The number of hydrogen-bond acceptors (Lipinski definition) is 2. The van der Waals surface area contributed by atoms with Gasteiger partial charge in [-0.2, -0.15) is 0 Å². The SMILES string of the molecule is CN1CCC(C)(C)c2ccccc2Nc2ccccc21. The molecule has 1 aliphatic rings. The molecular weight excluding hydrogens is 244 g/mol. The molecule has 0 spiro atoms. The van der Waals surface area contributed by atoms with Crippen molar-refractivity contribution in [2.45, 2.75) is 25.7 Å². The standard InChI is InChI=1S/C18H22N2/c1-18(2)12-13-20(3)17-11-7-6-10-16(17)19-15-9-5-4-8-14(15)18/h4-11,19H,12-13H2,1-3H3. The molecule has 1 N–H and O–H groups in total. The van der Waals surface area contributed by atoms with Gasteiger partial charge in [0.1, 0.15) is 0 Å². The number of fused-ring (bicyclic) bond motifs is 2. The maximum atomic E-state index is 3.63. The fourth-order valence-electron chi connectivity index (χ4n) is 2.94. The van der Waals surface area contributed by atoms with Crippen molar-refractivity contribution in [2.24, 2.45) is 0 Å². The number of rotatable bonds is 0. The summed E-state index contributed by atoms with van der Waals surface area (Å²) in [5.41, 5.74) is 5.23. The minimum Gasteiger partial charge on any atom is -0.373 e. The average molecular weight is 266 g/mol. The Bertz CT molecular complexity index is 616. The van der Waals surface area contributed by atoms with Gasteiger partial charge in [0, 0.05) is 19.3 Å². The molecular formula is C18H22N2. The second-order valence-electron chi connectivity index (χ2n) is 6.24. The maximum absolute atomic E-state index is 3.63. The van der Waals surface area contributed by atoms with Gasteiger partial charge in [-0.15, -0.1) is 0 Å². The van der Waals surface area contributed by atoms with Gasteiger partial charge >= 0.3 is 0 Å². The van der Waals surface area contributed by atoms with Crippen molar-refractivity contribution >= 4 is 17.1 Å². The summed E-state index contributed by atoms with van der Waals surface area (Å²) in [6, 6.07) is 17.2. The normalized spacial score (nSPS) is 17.1. The van der Waals surface area contributed by atoms with Crippen molar-refractivity contribution < 1.29 is 0 Å². The predicted octanol–water partition coefficient (Wildman–Crippen LogP) is 4.55. The highest BCUT2D eigenvalue weighted by Gasteiger charge is 2.26. The Labute approximate surface area is 121 Å². The average Bonchev–Trinajstić information content (AvgIpc) is 2.49. The minimum absolute atomic E-state index is 0.167. The van der Waals surface area contributed by atoms with Crippen molar-refractivity contribution in [3.8, 4) is 0 Å². The van der Waals surface area contributed by atoms with Gasteiger partial charge in [0.2, 0.25) is 0 Å². The van der Waals surface area contributed by atoms with Gasteiger partial charge in [-0.25, -0.2) is 0 Å². The molecule has 0 atom stereocenters. The van der Waals surface area contributed by atoms with Gasteiger partial charge in [0.25, 0.3) is 0 Å². The Morgan fingerprint density at radius 1 is 0.950 bits per heavy atom. The van der Waals surface area contributed by atoms with Crippen molar-refractivity contribution in [2.75, 3.05) is 23.8 Å². The van der Waals surface area contributed by atoms with Crippen LogP contribution in [0.15, 0.2) is 48.5 Å². The summed E-state index contributed by atoms with van der Waals surface area (Å²) in [6.07, 6.45) is 1.14. The Morgan fingerprint density at radius 2 is 1.60 bits per heavy atom. The summed E-state index contributed by atoms with van der Waals surface area (Å²) in [5.74, 6) is 0. The molecule has 0 amide bonds. The molecule has 1 heterocycles. The first-order chi connectivity index (χ1) is 9.58. The van der Waals surface area contributed by atoms with E-state index in [1.165, 1.54) is 22.6 Å². The summed E-state index contributed by atoms with van der Waals surface area (Å²) in [6.45, 7) is 5.72. The van der Waals surface area contributed by atoms with E-state index in [9.17, 15) is 0 Å². The third kappa shape index (κ3) is 2.26. The lowest BCUT2D eigenvalue weighted by Crippen LogP contribution is -2.26. The third-order valence-corrected chi connectivity index (χ3v) is 4.31. The van der Waals surface area contributed by atoms with Gasteiger partial charge in [-0.05, 0) is 35.6 Å². The summed E-state index contributed by atoms with van der Waals surface area (Å²) >= 11 is 0. The predicted molar refractivity (Wildman–Crippen MR) is 87.1 cm³/mol. The van der Waals surface area contributed by atoms with E-state index in [2.05, 4.69) is 79.6 Å². The first-order valence-corrected chi connectivity index (χ1v) is 7.25. The molecule has 20 heavy (non-hydrogen) atoms. The number of para-hydroxylation sites is 3. The quantitative estimate of drug-likeness (QED) is 0.752. The van der Waals surface area contributed by atoms with Gasteiger partial charge in [-0.3, -0.25) is 0 Å². The molecule has 0 aliphatic carbocycles. The number of nitrogens with zero attached hydrogens (tertiary/aromatic N) is 1. The lowest BCUT2D eigenvalue weighted by molar-refractivity contribution is 0.484. The topological polar surface area (TPSA) is 15.3 Å². The molecule has 1 aliphatic heterocycles. The monoisotopic (exact) mass is 266 g/mol. The number of benzene rings is 2. The van der Waals surface area contributed by atoms with Crippen LogP contribution in [0.4, 0.5) is 17.1 Å². The first kappa shape index (κ1) is 13.0. The van der Waals surface area contributed by atoms with Crippen LogP contribution < -0.4 is 10.2 Å². The highest BCUT2D eigenvalue weighted by molar-refractivity contribution is 5.77. The molecule has 104 valence electrons. The Kier molecular flexibility index (Phi) is 3.17. The highest BCUT2D eigenvalue weighted by atomic mass is 15.1. The van der Waals surface area contributed by atoms with E-state index in [1.807, 2.05) is 0 Å². The van der Waals surface area contributed by atoms with Crippen molar-refractivity contribution in [1.82, 2.24) is 0 Å². The van der Waals surface area contributed by atoms with Crippen LogP contribution in [-0.2, 0) is 5.41 Å². The smallest absolute Gasteiger partial charge is 0.0622 e. The molecule has 0 saturated heterocycles. The van der Waals surface area contributed by atoms with Crippen LogP contribution in [0.3, 0.4) is 0 Å². The maximum Gasteiger partial charge on any atom is 0.0622 e. The molecule has 0 radical (unpaired) electrons. The van der Waals surface area contributed by atoms with Crippen LogP contribution in [0.2, 0.25) is 0 Å². The summed E-state index contributed by atoms with van der Waals surface area (Å²) in [4.78, 5) is 2.34. The summed E-state index contributed by atoms with van der Waals surface area (Å²) in [7, 11) is 2.17. The van der Waals surface area contributed by atoms with Crippen molar-refractivity contribution in [1.29, 1.82) is 0 Å². The fourth-order valence-corrected chi connectivity index (χ4v) is 2.94. The number of hydrogen-bond donors (Lipinski definition) is 1. The van der Waals surface area contributed by atoms with Gasteiger partial charge in [0.05, 0.1) is 11.4 Å². The molecule has 0 bridgehead atoms. The lowest BCUT2D eigenvalue weighted by atomic mass is 9.80. The van der Waals surface area contributed by atoms with Crippen LogP contribution in [0.25, 0.3) is 0 Å². The number of anilines is 3. The van der Waals surface area contributed by atoms with E-state index in [-0.39, 0.29) is 5.41 Å². The van der Waals surface area contributed by atoms with Crippen molar-refractivity contribution in [3.05, 3.63) is 54.1 Å². The lowest BCUT2D eigenvalue weighted by Gasteiger charge is -2.28. The van der Waals surface area contributed by atoms with E-state index in [0.717, 1.165) is 13.0 Å². The van der Waals surface area contributed by atoms with Crippen LogP contribution in [0, 0.1) is 0 Å². The Balaban J connectivity index is 2.15. The molecule has 0 unspecified atom stereocenters. The molecule has 0 fully saturated rings. The molecule has 2 aromatic rings. The zero-order chi connectivity index (χ0) is 14.2. The number of nitrogens with one attached hydrogen (secondary N) is 1. The summed E-state index contributed by atoms with van der Waals surface area (Å²) in [5, 5.41) is 3.63. The van der Waals surface area contributed by atoms with E-state index >= 15 is 0 Å². The van der Waals surface area contributed by atoms with Crippen LogP contribution in [0.5, 0.6) is 0 Å². The van der Waals surface area contributed by atoms with Crippen LogP contribution >= 0.6 is 0 Å². The molecule has 2 heteroatoms. The third-order valence-electron chi connectivity index (χ3n) is 4.31. The second kappa shape index (κ2) is 4.86. The highest BCUT2D eigenvalue weighted by Crippen LogP contribution is 2.38. The fraction of sp³-hybridized carbons (Fsp3) is 0.333. The van der Waals surface area contributed by atoms with Gasteiger partial charge in [-0.1, -0.05) is 44.2 Å². The molecule has 3 rings (SSSR count). The second-order valence-corrected chi connectivity index (χ2v) is 6.24. The summed E-state index contributed by atoms with van der Waals surface area (Å²) < 4.78 is 0. The molecule has 0 aromatic heterocycles. The van der Waals surface area contributed by atoms with Gasteiger partial charge < -0.3 is 10.2 Å². The Hall–Kier alpha value is -1.96. The molecule has 2 nitrogen and oxygen atoms in total. The molecule has 2 aromatic carbocycles. The van der Waals surface area contributed by atoms with E-state index in [1.54, 1.807) is 0 Å². The minimum atomic E-state index is 0.167. The van der Waals surface area contributed by atoms with E-state index in [0.29, 0.717) is 0 Å². The van der Waals surface area contributed by atoms with Crippen LogP contribution in [0.1, 0.15) is 25.8 Å². The van der Waals surface area contributed by atoms with Crippen LogP contribution in [-0.4, -0.2) is 13.6 Å². The van der Waals surface area contributed by atoms with Crippen molar-refractivity contribution in [3.63, 3.8) is 0 Å². The zero-order valence-corrected chi connectivity index (χ0v) is 12.5. The van der Waals surface area contributed by atoms with E-state index in [4.69, 9.17) is 0 Å². The van der Waals surface area contributed by atoms with Gasteiger partial charge in [0.15, 0.2) is 0 Å². The zero-order valence-electron chi connectivity index (χ0n) is 12.5. The molecule has 0 saturated carbocycles. The largest absolute Gasteiger partial charge is 0.373 e. The Morgan fingerprint density at radius 3 is 2.40 bits per heavy atom.